The molecule has 1 saturated carbocycles. The summed E-state index contributed by atoms with van der Waals surface area (Å²) in [6.07, 6.45) is 4.22. The lowest BCUT2D eigenvalue weighted by atomic mass is 9.60. The van der Waals surface area contributed by atoms with Crippen molar-refractivity contribution < 1.29 is 0 Å². The summed E-state index contributed by atoms with van der Waals surface area (Å²) in [6.45, 7) is 12.1. The molecule has 0 bridgehead atoms. The van der Waals surface area contributed by atoms with Crippen LogP contribution in [-0.2, 0) is 0 Å². The van der Waals surface area contributed by atoms with E-state index in [0.29, 0.717) is 5.41 Å². The summed E-state index contributed by atoms with van der Waals surface area (Å²) < 4.78 is 0. The van der Waals surface area contributed by atoms with Crippen LogP contribution in [0.5, 0.6) is 0 Å². The van der Waals surface area contributed by atoms with Gasteiger partial charge in [0.15, 0.2) is 0 Å². The second-order valence-electron chi connectivity index (χ2n) is 5.38. The maximum Gasteiger partial charge on any atom is -0.0323 e. The predicted molar refractivity (Wildman–Crippen MR) is 55.1 cm³/mol. The van der Waals surface area contributed by atoms with E-state index in [4.69, 9.17) is 0 Å². The van der Waals surface area contributed by atoms with Crippen molar-refractivity contribution in [3.8, 4) is 0 Å². The van der Waals surface area contributed by atoms with Crippen molar-refractivity contribution in [2.45, 2.75) is 53.9 Å². The van der Waals surface area contributed by atoms with Crippen molar-refractivity contribution >= 4 is 0 Å². The Hall–Kier alpha value is 0. The van der Waals surface area contributed by atoms with Gasteiger partial charge < -0.3 is 0 Å². The van der Waals surface area contributed by atoms with Crippen LogP contribution in [-0.4, -0.2) is 0 Å². The molecular formula is C12H24. The molecule has 1 aliphatic carbocycles. The number of hydrogen-bond donors (Lipinski definition) is 0. The predicted octanol–water partition coefficient (Wildman–Crippen LogP) is 4.10. The van der Waals surface area contributed by atoms with Crippen LogP contribution in [0.1, 0.15) is 53.9 Å². The van der Waals surface area contributed by atoms with E-state index >= 15 is 0 Å². The largest absolute Gasteiger partial charge is 0.0651 e. The Morgan fingerprint density at radius 1 is 1.25 bits per heavy atom. The summed E-state index contributed by atoms with van der Waals surface area (Å²) in [7, 11) is 0. The highest BCUT2D eigenvalue weighted by Gasteiger charge is 2.38. The van der Waals surface area contributed by atoms with E-state index < -0.39 is 0 Å². The van der Waals surface area contributed by atoms with Gasteiger partial charge in [0.25, 0.3) is 0 Å². The Labute approximate surface area is 77.7 Å². The topological polar surface area (TPSA) is 0 Å². The fourth-order valence-corrected chi connectivity index (χ4v) is 3.08. The van der Waals surface area contributed by atoms with Gasteiger partial charge in [0.2, 0.25) is 0 Å². The summed E-state index contributed by atoms with van der Waals surface area (Å²) in [5.74, 6) is 2.82. The smallest absolute Gasteiger partial charge is 0.0323 e. The molecule has 1 unspecified atom stereocenters. The first-order valence-electron chi connectivity index (χ1n) is 5.49. The zero-order chi connectivity index (χ0) is 9.35. The molecule has 0 heteroatoms. The van der Waals surface area contributed by atoms with Gasteiger partial charge >= 0.3 is 0 Å². The van der Waals surface area contributed by atoms with Gasteiger partial charge in [-0.25, -0.2) is 0 Å². The lowest BCUT2D eigenvalue weighted by Crippen LogP contribution is -2.37. The SMILES string of the molecule is CC[C@H]1[C@H](C)C(C)CCC1(C)C. The number of hydrogen-bond acceptors (Lipinski definition) is 0. The van der Waals surface area contributed by atoms with Crippen LogP contribution in [0.25, 0.3) is 0 Å². The van der Waals surface area contributed by atoms with Gasteiger partial charge in [-0.2, -0.15) is 0 Å². The molecule has 0 saturated heterocycles. The summed E-state index contributed by atoms with van der Waals surface area (Å²) in [4.78, 5) is 0. The molecular weight excluding hydrogens is 144 g/mol. The van der Waals surface area contributed by atoms with Crippen molar-refractivity contribution in [3.63, 3.8) is 0 Å². The van der Waals surface area contributed by atoms with Crippen molar-refractivity contribution in [1.29, 1.82) is 0 Å². The third-order valence-corrected chi connectivity index (χ3v) is 4.22. The third-order valence-electron chi connectivity index (χ3n) is 4.22. The maximum atomic E-state index is 2.45. The molecule has 12 heavy (non-hydrogen) atoms. The summed E-state index contributed by atoms with van der Waals surface area (Å²) in [5, 5.41) is 0. The van der Waals surface area contributed by atoms with Gasteiger partial charge in [0.1, 0.15) is 0 Å². The maximum absolute atomic E-state index is 2.45. The molecule has 1 aliphatic rings. The van der Waals surface area contributed by atoms with E-state index in [0.717, 1.165) is 17.8 Å². The van der Waals surface area contributed by atoms with Gasteiger partial charge in [-0.3, -0.25) is 0 Å². The first-order valence-corrected chi connectivity index (χ1v) is 5.49. The van der Waals surface area contributed by atoms with Gasteiger partial charge in [-0.1, -0.05) is 41.0 Å². The van der Waals surface area contributed by atoms with Gasteiger partial charge in [0.05, 0.1) is 0 Å². The quantitative estimate of drug-likeness (QED) is 0.553. The van der Waals surface area contributed by atoms with Gasteiger partial charge in [-0.05, 0) is 36.0 Å². The highest BCUT2D eigenvalue weighted by molar-refractivity contribution is 4.88. The Morgan fingerprint density at radius 3 is 2.25 bits per heavy atom. The van der Waals surface area contributed by atoms with Crippen LogP contribution < -0.4 is 0 Å². The molecule has 3 atom stereocenters. The molecule has 0 aliphatic heterocycles. The molecule has 0 spiro atoms. The minimum Gasteiger partial charge on any atom is -0.0651 e. The van der Waals surface area contributed by atoms with Crippen LogP contribution >= 0.6 is 0 Å². The average molecular weight is 168 g/mol. The number of rotatable bonds is 1. The molecule has 0 aromatic heterocycles. The van der Waals surface area contributed by atoms with Crippen LogP contribution in [0, 0.1) is 23.2 Å². The first kappa shape index (κ1) is 10.1. The highest BCUT2D eigenvalue weighted by Crippen LogP contribution is 2.47. The second-order valence-corrected chi connectivity index (χ2v) is 5.38. The van der Waals surface area contributed by atoms with Crippen LogP contribution in [0.3, 0.4) is 0 Å². The lowest BCUT2D eigenvalue weighted by Gasteiger charge is -2.46. The minimum absolute atomic E-state index is 0.598. The molecule has 0 amide bonds. The minimum atomic E-state index is 0.598. The van der Waals surface area contributed by atoms with Crippen LogP contribution in [0.2, 0.25) is 0 Å². The van der Waals surface area contributed by atoms with Crippen molar-refractivity contribution in [1.82, 2.24) is 0 Å². The zero-order valence-corrected chi connectivity index (χ0v) is 9.35. The Bertz CT molecular complexity index is 146. The van der Waals surface area contributed by atoms with Crippen molar-refractivity contribution in [3.05, 3.63) is 0 Å². The van der Waals surface area contributed by atoms with Gasteiger partial charge in [0, 0.05) is 0 Å². The zero-order valence-electron chi connectivity index (χ0n) is 9.35. The third kappa shape index (κ3) is 1.67. The van der Waals surface area contributed by atoms with E-state index in [2.05, 4.69) is 34.6 Å². The Morgan fingerprint density at radius 2 is 1.83 bits per heavy atom. The Balaban J connectivity index is 2.72. The molecule has 0 N–H and O–H groups in total. The van der Waals surface area contributed by atoms with Gasteiger partial charge in [-0.15, -0.1) is 0 Å². The summed E-state index contributed by atoms with van der Waals surface area (Å²) in [5.41, 5.74) is 0.598. The van der Waals surface area contributed by atoms with Crippen LogP contribution in [0.15, 0.2) is 0 Å². The molecule has 0 radical (unpaired) electrons. The molecule has 0 nitrogen and oxygen atoms in total. The van der Waals surface area contributed by atoms with Crippen molar-refractivity contribution in [2.24, 2.45) is 23.2 Å². The van der Waals surface area contributed by atoms with E-state index in [-0.39, 0.29) is 0 Å². The molecule has 0 aromatic carbocycles. The molecule has 0 aromatic rings. The lowest BCUT2D eigenvalue weighted by molar-refractivity contribution is 0.0424. The summed E-state index contributed by atoms with van der Waals surface area (Å²) >= 11 is 0. The Kier molecular flexibility index (Phi) is 2.85. The molecule has 1 rings (SSSR count). The summed E-state index contributed by atoms with van der Waals surface area (Å²) in [6, 6.07) is 0. The second kappa shape index (κ2) is 3.40. The fraction of sp³-hybridized carbons (Fsp3) is 1.00. The van der Waals surface area contributed by atoms with E-state index in [1.807, 2.05) is 0 Å². The average Bonchev–Trinajstić information content (AvgIpc) is 1.99. The van der Waals surface area contributed by atoms with E-state index in [1.165, 1.54) is 19.3 Å². The fourth-order valence-electron chi connectivity index (χ4n) is 3.08. The van der Waals surface area contributed by atoms with E-state index in [9.17, 15) is 0 Å². The van der Waals surface area contributed by atoms with Crippen LogP contribution in [0.4, 0.5) is 0 Å². The normalized spacial score (nSPS) is 41.2. The molecule has 0 heterocycles. The standard InChI is InChI=1S/C12H24/c1-6-11-10(3)9(2)7-8-12(11,4)5/h9-11H,6-8H2,1-5H3/t9?,10-,11+/m1/s1. The monoisotopic (exact) mass is 168 g/mol. The molecule has 1 fully saturated rings. The molecule has 72 valence electrons. The first-order chi connectivity index (χ1) is 5.49. The van der Waals surface area contributed by atoms with E-state index in [1.54, 1.807) is 0 Å². The van der Waals surface area contributed by atoms with Crippen molar-refractivity contribution in [2.75, 3.05) is 0 Å². The highest BCUT2D eigenvalue weighted by atomic mass is 14.4.